The lowest BCUT2D eigenvalue weighted by molar-refractivity contribution is -0.142. The molecule has 8 nitrogen and oxygen atoms in total. The van der Waals surface area contributed by atoms with Crippen LogP contribution < -0.4 is 10.6 Å². The molecule has 188 valence electrons. The van der Waals surface area contributed by atoms with Gasteiger partial charge >= 0.3 is 13.6 Å². The smallest absolute Gasteiger partial charge is 0.342 e. The number of carboxylic acid groups (broad SMARTS) is 1. The normalized spacial score (nSPS) is 21.0. The third-order valence-corrected chi connectivity index (χ3v) is 7.79. The van der Waals surface area contributed by atoms with E-state index in [0.717, 1.165) is 21.9 Å². The van der Waals surface area contributed by atoms with Crippen LogP contribution in [0.15, 0.2) is 78.9 Å². The van der Waals surface area contributed by atoms with Crippen molar-refractivity contribution in [3.05, 3.63) is 90.0 Å². The number of aliphatic carboxylic acids is 1. The van der Waals surface area contributed by atoms with E-state index in [9.17, 15) is 29.0 Å². The number of allylic oxidation sites excluding steroid dienone is 1. The minimum Gasteiger partial charge on any atom is -0.480 e. The van der Waals surface area contributed by atoms with Gasteiger partial charge < -0.3 is 20.2 Å². The Morgan fingerprint density at radius 1 is 1.03 bits per heavy atom. The lowest BCUT2D eigenvalue weighted by Crippen LogP contribution is -2.50. The summed E-state index contributed by atoms with van der Waals surface area (Å²) in [5, 5.41) is 17.1. The third kappa shape index (κ3) is 6.28. The molecular formula is C27H29N2O6P. The van der Waals surface area contributed by atoms with E-state index in [1.165, 1.54) is 0 Å². The number of fused-ring (bicyclic) bond motifs is 1. The van der Waals surface area contributed by atoms with Crippen LogP contribution in [0.4, 0.5) is 0 Å². The summed E-state index contributed by atoms with van der Waals surface area (Å²) in [6.45, 7) is 0. The fourth-order valence-electron chi connectivity index (χ4n) is 4.71. The Hall–Kier alpha value is -3.29. The summed E-state index contributed by atoms with van der Waals surface area (Å²) in [6, 6.07) is 20.8. The number of rotatable bonds is 9. The van der Waals surface area contributed by atoms with Crippen LogP contribution in [0.25, 0.3) is 16.8 Å². The van der Waals surface area contributed by atoms with E-state index in [0.29, 0.717) is 6.42 Å². The van der Waals surface area contributed by atoms with Crippen LogP contribution in [0.1, 0.15) is 24.0 Å². The van der Waals surface area contributed by atoms with Crippen molar-refractivity contribution in [2.45, 2.75) is 37.1 Å². The molecule has 1 saturated heterocycles. The maximum Gasteiger partial charge on any atom is 0.342 e. The first-order valence-corrected chi connectivity index (χ1v) is 13.4. The molecular weight excluding hydrogens is 479 g/mol. The molecule has 0 unspecified atom stereocenters. The largest absolute Gasteiger partial charge is 0.480 e. The highest BCUT2D eigenvalue weighted by Gasteiger charge is 2.45. The Labute approximate surface area is 209 Å². The van der Waals surface area contributed by atoms with Crippen LogP contribution >= 0.6 is 7.60 Å². The Morgan fingerprint density at radius 2 is 1.72 bits per heavy atom. The van der Waals surface area contributed by atoms with Crippen molar-refractivity contribution in [1.82, 2.24) is 10.6 Å². The number of hydrogen-bond donors (Lipinski definition) is 5. The first kappa shape index (κ1) is 25.8. The summed E-state index contributed by atoms with van der Waals surface area (Å²) >= 11 is 0. The van der Waals surface area contributed by atoms with Crippen molar-refractivity contribution in [2.75, 3.05) is 0 Å². The first-order chi connectivity index (χ1) is 17.2. The van der Waals surface area contributed by atoms with Gasteiger partial charge in [0, 0.05) is 6.42 Å². The molecule has 3 aromatic rings. The standard InChI is InChI=1S/C27H29N2O6P/c30-25(28-24(27(31)32)16-18-8-2-1-3-9-18)23-17-21(26(29-23)36(33,34)35)14-7-13-20-12-6-11-19-10-4-5-15-22(19)20/h1-13,15,21,23-24,26,29H,14,16-17H2,(H,28,30)(H,31,32)(H2,33,34,35)/b13-7+/t21-,23+,24+,26+/m1/s1. The highest BCUT2D eigenvalue weighted by molar-refractivity contribution is 7.52. The van der Waals surface area contributed by atoms with Gasteiger partial charge in [0.05, 0.1) is 6.04 Å². The molecule has 0 aromatic heterocycles. The van der Waals surface area contributed by atoms with Crippen LogP contribution in [0.3, 0.4) is 0 Å². The molecule has 1 aliphatic rings. The van der Waals surface area contributed by atoms with E-state index < -0.39 is 43.3 Å². The summed E-state index contributed by atoms with van der Waals surface area (Å²) in [7, 11) is -4.55. The van der Waals surface area contributed by atoms with Crippen molar-refractivity contribution < 1.29 is 29.0 Å². The quantitative estimate of drug-likeness (QED) is 0.279. The fourth-order valence-corrected chi connectivity index (χ4v) is 5.88. The zero-order valence-electron chi connectivity index (χ0n) is 19.5. The highest BCUT2D eigenvalue weighted by Crippen LogP contribution is 2.48. The third-order valence-electron chi connectivity index (χ3n) is 6.49. The second kappa shape index (κ2) is 11.2. The molecule has 4 atom stereocenters. The summed E-state index contributed by atoms with van der Waals surface area (Å²) < 4.78 is 12.2. The molecule has 0 radical (unpaired) electrons. The van der Waals surface area contributed by atoms with Gasteiger partial charge in [0.25, 0.3) is 0 Å². The van der Waals surface area contributed by atoms with Gasteiger partial charge in [0.15, 0.2) is 0 Å². The van der Waals surface area contributed by atoms with Crippen LogP contribution in [0.5, 0.6) is 0 Å². The van der Waals surface area contributed by atoms with Gasteiger partial charge in [-0.1, -0.05) is 84.9 Å². The average Bonchev–Trinajstić information content (AvgIpc) is 3.29. The predicted molar refractivity (Wildman–Crippen MR) is 138 cm³/mol. The Morgan fingerprint density at radius 3 is 2.44 bits per heavy atom. The van der Waals surface area contributed by atoms with E-state index in [-0.39, 0.29) is 12.8 Å². The molecule has 0 aliphatic carbocycles. The molecule has 5 N–H and O–H groups in total. The topological polar surface area (TPSA) is 136 Å². The lowest BCUT2D eigenvalue weighted by atomic mass is 9.99. The average molecular weight is 509 g/mol. The second-order valence-electron chi connectivity index (χ2n) is 9.04. The van der Waals surface area contributed by atoms with E-state index in [2.05, 4.69) is 10.6 Å². The molecule has 36 heavy (non-hydrogen) atoms. The molecule has 1 heterocycles. The maximum atomic E-state index is 12.9. The number of hydrogen-bond acceptors (Lipinski definition) is 4. The van der Waals surface area contributed by atoms with E-state index in [1.807, 2.05) is 60.7 Å². The van der Waals surface area contributed by atoms with Gasteiger partial charge in [-0.15, -0.1) is 0 Å². The number of nitrogens with one attached hydrogen (secondary N) is 2. The number of benzene rings is 3. The fraction of sp³-hybridized carbons (Fsp3) is 0.259. The van der Waals surface area contributed by atoms with Gasteiger partial charge in [-0.25, -0.2) is 4.79 Å². The summed E-state index contributed by atoms with van der Waals surface area (Å²) in [4.78, 5) is 44.5. The molecule has 9 heteroatoms. The minimum absolute atomic E-state index is 0.105. The first-order valence-electron chi connectivity index (χ1n) is 11.7. The molecule has 0 spiro atoms. The molecule has 3 aromatic carbocycles. The van der Waals surface area contributed by atoms with Crippen molar-refractivity contribution in [3.63, 3.8) is 0 Å². The molecule has 0 saturated carbocycles. The van der Waals surface area contributed by atoms with Gasteiger partial charge in [0.2, 0.25) is 5.91 Å². The van der Waals surface area contributed by atoms with E-state index >= 15 is 0 Å². The summed E-state index contributed by atoms with van der Waals surface area (Å²) in [5.41, 5.74) is 1.75. The van der Waals surface area contributed by atoms with Crippen molar-refractivity contribution in [3.8, 4) is 0 Å². The van der Waals surface area contributed by atoms with Gasteiger partial charge in [-0.3, -0.25) is 14.7 Å². The Kier molecular flexibility index (Phi) is 8.01. The number of carbonyl (C=O) groups is 2. The minimum atomic E-state index is -4.55. The van der Waals surface area contributed by atoms with Crippen LogP contribution in [0.2, 0.25) is 0 Å². The Balaban J connectivity index is 1.45. The zero-order chi connectivity index (χ0) is 25.7. The molecule has 4 rings (SSSR count). The van der Waals surface area contributed by atoms with Gasteiger partial charge in [-0.2, -0.15) is 0 Å². The SMILES string of the molecule is O=C(O)[C@H](Cc1ccccc1)NC(=O)[C@@H]1C[C@@H](C/C=C/c2cccc3ccccc23)[C@H](P(=O)(O)O)N1. The van der Waals surface area contributed by atoms with Crippen LogP contribution in [-0.2, 0) is 20.6 Å². The van der Waals surface area contributed by atoms with Crippen molar-refractivity contribution in [2.24, 2.45) is 5.92 Å². The van der Waals surface area contributed by atoms with E-state index in [4.69, 9.17) is 0 Å². The Bertz CT molecular complexity index is 1300. The number of amides is 1. The van der Waals surface area contributed by atoms with Gasteiger partial charge in [-0.05, 0) is 40.7 Å². The molecule has 1 amide bonds. The number of carbonyl (C=O) groups excluding carboxylic acids is 1. The highest BCUT2D eigenvalue weighted by atomic mass is 31.2. The second-order valence-corrected chi connectivity index (χ2v) is 10.8. The maximum absolute atomic E-state index is 12.9. The zero-order valence-corrected chi connectivity index (χ0v) is 20.4. The van der Waals surface area contributed by atoms with Crippen LogP contribution in [0, 0.1) is 5.92 Å². The predicted octanol–water partition coefficient (Wildman–Crippen LogP) is 3.54. The summed E-state index contributed by atoms with van der Waals surface area (Å²) in [5.74, 6) is -3.45. The van der Waals surface area contributed by atoms with Crippen molar-refractivity contribution >= 4 is 36.3 Å². The van der Waals surface area contributed by atoms with Gasteiger partial charge in [0.1, 0.15) is 11.8 Å². The molecule has 1 aliphatic heterocycles. The molecule has 1 fully saturated rings. The van der Waals surface area contributed by atoms with Crippen LogP contribution in [-0.4, -0.2) is 44.6 Å². The molecule has 0 bridgehead atoms. The summed E-state index contributed by atoms with van der Waals surface area (Å²) in [6.07, 6.45) is 4.42. The lowest BCUT2D eigenvalue weighted by Gasteiger charge is -2.20. The number of carboxylic acids is 1. The van der Waals surface area contributed by atoms with Crippen molar-refractivity contribution in [1.29, 1.82) is 0 Å². The van der Waals surface area contributed by atoms with E-state index in [1.54, 1.807) is 24.3 Å². The monoisotopic (exact) mass is 508 g/mol.